The van der Waals surface area contributed by atoms with Crippen LogP contribution in [0.3, 0.4) is 0 Å². The number of halogens is 2. The Morgan fingerprint density at radius 3 is 2.41 bits per heavy atom. The van der Waals surface area contributed by atoms with Crippen molar-refractivity contribution in [1.29, 1.82) is 0 Å². The fourth-order valence-electron chi connectivity index (χ4n) is 1.64. The number of aromatic hydroxyl groups is 1. The summed E-state index contributed by atoms with van der Waals surface area (Å²) >= 11 is 6.44. The van der Waals surface area contributed by atoms with Crippen molar-refractivity contribution >= 4 is 43.9 Å². The number of nitrogens with one attached hydrogen (secondary N) is 1. The zero-order chi connectivity index (χ0) is 17.1. The Morgan fingerprint density at radius 1 is 1.32 bits per heavy atom. The topological polar surface area (TPSA) is 95.9 Å². The van der Waals surface area contributed by atoms with Crippen LogP contribution in [0.1, 0.15) is 26.3 Å². The van der Waals surface area contributed by atoms with Gasteiger partial charge in [-0.3, -0.25) is 0 Å². The molecule has 6 nitrogen and oxygen atoms in total. The second-order valence-corrected chi connectivity index (χ2v) is 7.41. The standard InChI is InChI=1S/C14H17Br2NO5/c1-14(2,3)22-13(21)17-10(12(19)20)5-7-4-8(15)6-9(16)11(7)18/h4,6,10,18H,5H2,1-3H3,(H,17,21)(H,19,20). The lowest BCUT2D eigenvalue weighted by molar-refractivity contribution is -0.139. The fraction of sp³-hybridized carbons (Fsp3) is 0.429. The summed E-state index contributed by atoms with van der Waals surface area (Å²) < 4.78 is 6.14. The number of carboxylic acid groups (broad SMARTS) is 1. The van der Waals surface area contributed by atoms with Gasteiger partial charge in [0.1, 0.15) is 17.4 Å². The van der Waals surface area contributed by atoms with E-state index in [1.165, 1.54) is 0 Å². The van der Waals surface area contributed by atoms with E-state index < -0.39 is 23.7 Å². The highest BCUT2D eigenvalue weighted by molar-refractivity contribution is 9.11. The Hall–Kier alpha value is -1.28. The van der Waals surface area contributed by atoms with Crippen LogP contribution in [0.2, 0.25) is 0 Å². The predicted molar refractivity (Wildman–Crippen MR) is 88.0 cm³/mol. The highest BCUT2D eigenvalue weighted by atomic mass is 79.9. The molecule has 8 heteroatoms. The highest BCUT2D eigenvalue weighted by Crippen LogP contribution is 2.32. The van der Waals surface area contributed by atoms with Gasteiger partial charge in [0.15, 0.2) is 0 Å². The van der Waals surface area contributed by atoms with Crippen LogP contribution in [0.25, 0.3) is 0 Å². The second kappa shape index (κ2) is 7.32. The van der Waals surface area contributed by atoms with Crippen molar-refractivity contribution in [1.82, 2.24) is 5.32 Å². The molecule has 1 aromatic carbocycles. The van der Waals surface area contributed by atoms with Crippen LogP contribution in [0.15, 0.2) is 21.1 Å². The molecule has 0 saturated carbocycles. The molecule has 1 amide bonds. The molecule has 1 aromatic rings. The first-order chi connectivity index (χ1) is 9.99. The molecule has 3 N–H and O–H groups in total. The molecule has 1 unspecified atom stereocenters. The van der Waals surface area contributed by atoms with E-state index in [1.807, 2.05) is 0 Å². The SMILES string of the molecule is CC(C)(C)OC(=O)NC(Cc1cc(Br)cc(Br)c1O)C(=O)O. The number of carboxylic acids is 1. The van der Waals surface area contributed by atoms with E-state index >= 15 is 0 Å². The van der Waals surface area contributed by atoms with E-state index in [-0.39, 0.29) is 12.2 Å². The molecule has 0 aliphatic rings. The minimum absolute atomic E-state index is 0.0690. The number of phenols is 1. The molecule has 0 radical (unpaired) electrons. The third-order valence-corrected chi connectivity index (χ3v) is 3.58. The quantitative estimate of drug-likeness (QED) is 0.669. The van der Waals surface area contributed by atoms with Gasteiger partial charge in [-0.15, -0.1) is 0 Å². The molecule has 22 heavy (non-hydrogen) atoms. The molecule has 0 aliphatic carbocycles. The van der Waals surface area contributed by atoms with E-state index in [0.29, 0.717) is 14.5 Å². The Labute approximate surface area is 145 Å². The largest absolute Gasteiger partial charge is 0.506 e. The van der Waals surface area contributed by atoms with E-state index in [9.17, 15) is 19.8 Å². The molecule has 0 spiro atoms. The average Bonchev–Trinajstić information content (AvgIpc) is 2.31. The number of amides is 1. The first-order valence-corrected chi connectivity index (χ1v) is 7.97. The fourth-order valence-corrected chi connectivity index (χ4v) is 2.96. The highest BCUT2D eigenvalue weighted by Gasteiger charge is 2.25. The van der Waals surface area contributed by atoms with Gasteiger partial charge in [0.25, 0.3) is 0 Å². The molecule has 0 bridgehead atoms. The van der Waals surface area contributed by atoms with Gasteiger partial charge in [0, 0.05) is 10.9 Å². The Kier molecular flexibility index (Phi) is 6.25. The van der Waals surface area contributed by atoms with Crippen LogP contribution < -0.4 is 5.32 Å². The number of hydrogen-bond acceptors (Lipinski definition) is 4. The van der Waals surface area contributed by atoms with Crippen LogP contribution in [0.4, 0.5) is 4.79 Å². The van der Waals surface area contributed by atoms with Crippen molar-refractivity contribution in [3.05, 3.63) is 26.6 Å². The lowest BCUT2D eigenvalue weighted by atomic mass is 10.1. The van der Waals surface area contributed by atoms with Gasteiger partial charge >= 0.3 is 12.1 Å². The summed E-state index contributed by atoms with van der Waals surface area (Å²) in [5, 5.41) is 21.5. The van der Waals surface area contributed by atoms with Gasteiger partial charge in [-0.2, -0.15) is 0 Å². The maximum absolute atomic E-state index is 11.7. The zero-order valence-electron chi connectivity index (χ0n) is 12.3. The monoisotopic (exact) mass is 437 g/mol. The molecular formula is C14H17Br2NO5. The van der Waals surface area contributed by atoms with Crippen LogP contribution in [0.5, 0.6) is 5.75 Å². The van der Waals surface area contributed by atoms with Gasteiger partial charge < -0.3 is 20.3 Å². The first-order valence-electron chi connectivity index (χ1n) is 6.39. The summed E-state index contributed by atoms with van der Waals surface area (Å²) in [5.41, 5.74) is -0.349. The summed E-state index contributed by atoms with van der Waals surface area (Å²) in [4.78, 5) is 23.0. The van der Waals surface area contributed by atoms with E-state index in [4.69, 9.17) is 4.74 Å². The van der Waals surface area contributed by atoms with Crippen LogP contribution in [-0.4, -0.2) is 33.9 Å². The minimum atomic E-state index is -1.22. The molecule has 1 rings (SSSR count). The summed E-state index contributed by atoms with van der Waals surface area (Å²) in [6.07, 6.45) is -0.910. The van der Waals surface area contributed by atoms with Gasteiger partial charge in [-0.05, 0) is 54.4 Å². The third kappa shape index (κ3) is 5.84. The van der Waals surface area contributed by atoms with Gasteiger partial charge in [-0.25, -0.2) is 9.59 Å². The molecule has 122 valence electrons. The van der Waals surface area contributed by atoms with E-state index in [0.717, 1.165) is 0 Å². The average molecular weight is 439 g/mol. The molecule has 0 aliphatic heterocycles. The summed E-state index contributed by atoms with van der Waals surface area (Å²) in [6, 6.07) is 2.00. The molecule has 0 fully saturated rings. The van der Waals surface area contributed by atoms with Crippen molar-refractivity contribution in [3.63, 3.8) is 0 Å². The molecular weight excluding hydrogens is 422 g/mol. The number of benzene rings is 1. The van der Waals surface area contributed by atoms with Crippen molar-refractivity contribution < 1.29 is 24.5 Å². The zero-order valence-corrected chi connectivity index (χ0v) is 15.5. The third-order valence-electron chi connectivity index (χ3n) is 2.52. The summed E-state index contributed by atoms with van der Waals surface area (Å²) in [6.45, 7) is 5.04. The van der Waals surface area contributed by atoms with Crippen molar-refractivity contribution in [2.24, 2.45) is 0 Å². The number of carbonyl (C=O) groups is 2. The van der Waals surface area contributed by atoms with Crippen molar-refractivity contribution in [2.45, 2.75) is 38.8 Å². The molecule has 0 heterocycles. The Morgan fingerprint density at radius 2 is 1.91 bits per heavy atom. The molecule has 0 aromatic heterocycles. The number of phenolic OH excluding ortho intramolecular Hbond substituents is 1. The van der Waals surface area contributed by atoms with Crippen LogP contribution >= 0.6 is 31.9 Å². The summed E-state index contributed by atoms with van der Waals surface area (Å²) in [7, 11) is 0. The van der Waals surface area contributed by atoms with E-state index in [1.54, 1.807) is 32.9 Å². The minimum Gasteiger partial charge on any atom is -0.506 e. The predicted octanol–water partition coefficient (Wildman–Crippen LogP) is 3.44. The lowest BCUT2D eigenvalue weighted by Crippen LogP contribution is -2.44. The van der Waals surface area contributed by atoms with Crippen molar-refractivity contribution in [3.8, 4) is 5.75 Å². The molecule has 1 atom stereocenters. The Bertz CT molecular complexity index is 583. The van der Waals surface area contributed by atoms with Crippen LogP contribution in [0, 0.1) is 0 Å². The maximum atomic E-state index is 11.7. The number of carbonyl (C=O) groups excluding carboxylic acids is 1. The van der Waals surface area contributed by atoms with Crippen molar-refractivity contribution in [2.75, 3.05) is 0 Å². The number of hydrogen-bond donors (Lipinski definition) is 3. The number of rotatable bonds is 4. The second-order valence-electron chi connectivity index (χ2n) is 5.64. The number of aliphatic carboxylic acids is 1. The maximum Gasteiger partial charge on any atom is 0.408 e. The number of alkyl carbamates (subject to hydrolysis) is 1. The summed E-state index contributed by atoms with van der Waals surface area (Å²) in [5.74, 6) is -1.29. The number of ether oxygens (including phenoxy) is 1. The van der Waals surface area contributed by atoms with Gasteiger partial charge in [0.2, 0.25) is 0 Å². The van der Waals surface area contributed by atoms with Gasteiger partial charge in [-0.1, -0.05) is 15.9 Å². The van der Waals surface area contributed by atoms with E-state index in [2.05, 4.69) is 37.2 Å². The Balaban J connectivity index is 2.90. The van der Waals surface area contributed by atoms with Gasteiger partial charge in [0.05, 0.1) is 4.47 Å². The first kappa shape index (κ1) is 18.8. The van der Waals surface area contributed by atoms with Crippen LogP contribution in [-0.2, 0) is 16.0 Å². The smallest absolute Gasteiger partial charge is 0.408 e. The molecule has 0 saturated heterocycles. The lowest BCUT2D eigenvalue weighted by Gasteiger charge is -2.22. The normalized spacial score (nSPS) is 12.6.